The van der Waals surface area contributed by atoms with E-state index < -0.39 is 11.9 Å². The summed E-state index contributed by atoms with van der Waals surface area (Å²) in [7, 11) is 2.63. The van der Waals surface area contributed by atoms with Crippen molar-refractivity contribution in [1.29, 1.82) is 0 Å². The van der Waals surface area contributed by atoms with Crippen LogP contribution >= 0.6 is 0 Å². The molecule has 0 saturated carbocycles. The topological polar surface area (TPSA) is 52.6 Å². The molecule has 4 aromatic carbocycles. The van der Waals surface area contributed by atoms with Gasteiger partial charge in [0.2, 0.25) is 0 Å². The summed E-state index contributed by atoms with van der Waals surface area (Å²) in [5, 5.41) is 1.52. The van der Waals surface area contributed by atoms with Crippen molar-refractivity contribution in [3.8, 4) is 22.3 Å². The van der Waals surface area contributed by atoms with Gasteiger partial charge in [0.05, 0.1) is 25.3 Å². The molecule has 0 aliphatic heterocycles. The number of fused-ring (bicyclic) bond motifs is 1. The van der Waals surface area contributed by atoms with E-state index in [0.717, 1.165) is 27.6 Å². The standard InChI is InChI=1S/C27H22O4/c1-17-23(19-12-8-5-9-13-19)22-16-20(18-10-6-4-7-11-18)14-15-21(22)25(27(29)31-3)24(17)26(28)30-2/h4-16H,1-3H3. The van der Waals surface area contributed by atoms with Crippen LogP contribution in [0.2, 0.25) is 0 Å². The number of carbonyl (C=O) groups is 2. The molecule has 0 saturated heterocycles. The number of hydrogen-bond donors (Lipinski definition) is 0. The highest BCUT2D eigenvalue weighted by Crippen LogP contribution is 2.39. The third kappa shape index (κ3) is 3.57. The minimum Gasteiger partial charge on any atom is -0.465 e. The van der Waals surface area contributed by atoms with Crippen LogP contribution in [-0.4, -0.2) is 26.2 Å². The monoisotopic (exact) mass is 410 g/mol. The zero-order valence-electron chi connectivity index (χ0n) is 17.6. The molecule has 0 atom stereocenters. The minimum atomic E-state index is -0.569. The molecular formula is C27H22O4. The lowest BCUT2D eigenvalue weighted by Crippen LogP contribution is -2.15. The van der Waals surface area contributed by atoms with Crippen LogP contribution in [0.4, 0.5) is 0 Å². The highest BCUT2D eigenvalue weighted by atomic mass is 16.5. The lowest BCUT2D eigenvalue weighted by molar-refractivity contribution is 0.0556. The fourth-order valence-corrected chi connectivity index (χ4v) is 4.08. The van der Waals surface area contributed by atoms with Crippen molar-refractivity contribution < 1.29 is 19.1 Å². The predicted octanol–water partition coefficient (Wildman–Crippen LogP) is 6.06. The van der Waals surface area contributed by atoms with Crippen molar-refractivity contribution in [2.45, 2.75) is 6.92 Å². The average Bonchev–Trinajstić information content (AvgIpc) is 2.83. The van der Waals surface area contributed by atoms with Gasteiger partial charge in [-0.2, -0.15) is 0 Å². The fourth-order valence-electron chi connectivity index (χ4n) is 4.08. The number of rotatable bonds is 4. The van der Waals surface area contributed by atoms with Crippen molar-refractivity contribution in [2.75, 3.05) is 14.2 Å². The van der Waals surface area contributed by atoms with Crippen LogP contribution in [0.3, 0.4) is 0 Å². The Kier molecular flexibility index (Phi) is 5.54. The van der Waals surface area contributed by atoms with Gasteiger partial charge in [0.25, 0.3) is 0 Å². The number of methoxy groups -OCH3 is 2. The molecule has 0 heterocycles. The Morgan fingerprint density at radius 3 is 1.74 bits per heavy atom. The SMILES string of the molecule is COC(=O)c1c(C)c(-c2ccccc2)c2cc(-c3ccccc3)ccc2c1C(=O)OC. The lowest BCUT2D eigenvalue weighted by atomic mass is 9.85. The van der Waals surface area contributed by atoms with E-state index in [1.807, 2.05) is 79.7 Å². The largest absolute Gasteiger partial charge is 0.465 e. The predicted molar refractivity (Wildman–Crippen MR) is 122 cm³/mol. The Bertz CT molecular complexity index is 1280. The summed E-state index contributed by atoms with van der Waals surface area (Å²) >= 11 is 0. The Morgan fingerprint density at radius 2 is 1.16 bits per heavy atom. The number of carbonyl (C=O) groups excluding carboxylic acids is 2. The molecule has 4 aromatic rings. The summed E-state index contributed by atoms with van der Waals surface area (Å²) < 4.78 is 10.1. The third-order valence-corrected chi connectivity index (χ3v) is 5.51. The van der Waals surface area contributed by atoms with Crippen molar-refractivity contribution in [3.05, 3.63) is 95.6 Å². The molecular weight excluding hydrogens is 388 g/mol. The van der Waals surface area contributed by atoms with Gasteiger partial charge in [-0.3, -0.25) is 0 Å². The first kappa shape index (κ1) is 20.4. The van der Waals surface area contributed by atoms with Gasteiger partial charge in [0, 0.05) is 0 Å². The van der Waals surface area contributed by atoms with Crippen molar-refractivity contribution in [1.82, 2.24) is 0 Å². The van der Waals surface area contributed by atoms with Crippen LogP contribution in [0.1, 0.15) is 26.3 Å². The van der Waals surface area contributed by atoms with Gasteiger partial charge in [-0.25, -0.2) is 9.59 Å². The molecule has 0 aliphatic rings. The Hall–Kier alpha value is -3.92. The van der Waals surface area contributed by atoms with E-state index in [2.05, 4.69) is 6.07 Å². The van der Waals surface area contributed by atoms with E-state index in [-0.39, 0.29) is 11.1 Å². The van der Waals surface area contributed by atoms with Crippen molar-refractivity contribution >= 4 is 22.7 Å². The molecule has 154 valence electrons. The first-order valence-electron chi connectivity index (χ1n) is 9.94. The summed E-state index contributed by atoms with van der Waals surface area (Å²) in [6.07, 6.45) is 0. The second-order valence-electron chi connectivity index (χ2n) is 7.23. The van der Waals surface area contributed by atoms with Crippen LogP contribution in [0.25, 0.3) is 33.0 Å². The van der Waals surface area contributed by atoms with Gasteiger partial charge < -0.3 is 9.47 Å². The normalized spacial score (nSPS) is 10.7. The minimum absolute atomic E-state index is 0.223. The van der Waals surface area contributed by atoms with E-state index in [4.69, 9.17) is 9.47 Å². The maximum Gasteiger partial charge on any atom is 0.339 e. The highest BCUT2D eigenvalue weighted by Gasteiger charge is 2.27. The second kappa shape index (κ2) is 8.44. The van der Waals surface area contributed by atoms with Crippen LogP contribution in [0.5, 0.6) is 0 Å². The number of esters is 2. The first-order chi connectivity index (χ1) is 15.1. The maximum atomic E-state index is 12.8. The molecule has 4 nitrogen and oxygen atoms in total. The van der Waals surface area contributed by atoms with Gasteiger partial charge in [0.15, 0.2) is 0 Å². The van der Waals surface area contributed by atoms with Crippen LogP contribution in [0, 0.1) is 6.92 Å². The van der Waals surface area contributed by atoms with Gasteiger partial charge in [-0.15, -0.1) is 0 Å². The summed E-state index contributed by atoms with van der Waals surface area (Å²) in [6, 6.07) is 25.8. The molecule has 0 radical (unpaired) electrons. The van der Waals surface area contributed by atoms with E-state index >= 15 is 0 Å². The molecule has 0 bridgehead atoms. The first-order valence-corrected chi connectivity index (χ1v) is 9.94. The van der Waals surface area contributed by atoms with E-state index in [0.29, 0.717) is 10.9 Å². The van der Waals surface area contributed by atoms with E-state index in [1.54, 1.807) is 0 Å². The van der Waals surface area contributed by atoms with Gasteiger partial charge >= 0.3 is 11.9 Å². The molecule has 4 heteroatoms. The van der Waals surface area contributed by atoms with Crippen LogP contribution in [-0.2, 0) is 9.47 Å². The van der Waals surface area contributed by atoms with Gasteiger partial charge in [-0.1, -0.05) is 72.8 Å². The average molecular weight is 410 g/mol. The molecule has 0 amide bonds. The maximum absolute atomic E-state index is 12.8. The molecule has 0 N–H and O–H groups in total. The number of hydrogen-bond acceptors (Lipinski definition) is 4. The summed E-state index contributed by atoms with van der Waals surface area (Å²) in [5.41, 5.74) is 5.06. The van der Waals surface area contributed by atoms with E-state index in [9.17, 15) is 9.59 Å². The summed E-state index contributed by atoms with van der Waals surface area (Å²) in [6.45, 7) is 1.84. The highest BCUT2D eigenvalue weighted by molar-refractivity contribution is 6.18. The second-order valence-corrected chi connectivity index (χ2v) is 7.23. The summed E-state index contributed by atoms with van der Waals surface area (Å²) in [4.78, 5) is 25.6. The molecule has 0 spiro atoms. The van der Waals surface area contributed by atoms with Crippen LogP contribution in [0.15, 0.2) is 78.9 Å². The zero-order valence-corrected chi connectivity index (χ0v) is 17.6. The van der Waals surface area contributed by atoms with E-state index in [1.165, 1.54) is 14.2 Å². The quantitative estimate of drug-likeness (QED) is 0.384. The molecule has 4 rings (SSSR count). The van der Waals surface area contributed by atoms with Crippen molar-refractivity contribution in [2.24, 2.45) is 0 Å². The smallest absolute Gasteiger partial charge is 0.339 e. The lowest BCUT2D eigenvalue weighted by Gasteiger charge is -2.19. The van der Waals surface area contributed by atoms with Crippen molar-refractivity contribution in [3.63, 3.8) is 0 Å². The molecule has 0 aromatic heterocycles. The Morgan fingerprint density at radius 1 is 0.613 bits per heavy atom. The fraction of sp³-hybridized carbons (Fsp3) is 0.111. The Balaban J connectivity index is 2.17. The molecule has 0 unspecified atom stereocenters. The third-order valence-electron chi connectivity index (χ3n) is 5.51. The van der Waals surface area contributed by atoms with Gasteiger partial charge in [0.1, 0.15) is 0 Å². The zero-order chi connectivity index (χ0) is 22.0. The molecule has 0 aliphatic carbocycles. The van der Waals surface area contributed by atoms with Crippen LogP contribution < -0.4 is 0 Å². The van der Waals surface area contributed by atoms with Gasteiger partial charge in [-0.05, 0) is 51.6 Å². The molecule has 31 heavy (non-hydrogen) atoms. The molecule has 0 fully saturated rings. The summed E-state index contributed by atoms with van der Waals surface area (Å²) in [5.74, 6) is -1.13. The number of benzene rings is 4. The Labute approximate surface area is 181 Å². The number of ether oxygens (including phenoxy) is 2.